The number of nitrogens with one attached hydrogen (secondary N) is 1. The van der Waals surface area contributed by atoms with Gasteiger partial charge < -0.3 is 5.11 Å². The number of benzene rings is 1. The molecule has 0 fully saturated rings. The maximum atomic E-state index is 13.5. The van der Waals surface area contributed by atoms with Crippen LogP contribution >= 0.6 is 11.6 Å². The van der Waals surface area contributed by atoms with Crippen LogP contribution in [0.3, 0.4) is 0 Å². The van der Waals surface area contributed by atoms with E-state index < -0.39 is 54.1 Å². The number of halogens is 2. The second-order valence-corrected chi connectivity index (χ2v) is 7.91. The van der Waals surface area contributed by atoms with E-state index in [-0.39, 0.29) is 5.75 Å². The summed E-state index contributed by atoms with van der Waals surface area (Å²) < 4.78 is 50.9. The summed E-state index contributed by atoms with van der Waals surface area (Å²) in [6.45, 7) is 1.49. The van der Waals surface area contributed by atoms with Crippen LogP contribution in [0.15, 0.2) is 17.0 Å². The quantitative estimate of drug-likeness (QED) is 0.797. The summed E-state index contributed by atoms with van der Waals surface area (Å²) in [6.07, 6.45) is 1.41. The van der Waals surface area contributed by atoms with E-state index in [4.69, 9.17) is 16.7 Å². The molecular weight excluding hydrogens is 345 g/mol. The topological polar surface area (TPSA) is 101 Å². The number of rotatable bonds is 6. The number of hydrogen-bond acceptors (Lipinski definition) is 4. The average molecular weight is 358 g/mol. The van der Waals surface area contributed by atoms with Gasteiger partial charge in [0, 0.05) is 28.9 Å². The van der Waals surface area contributed by atoms with Crippen LogP contribution in [0.5, 0.6) is 0 Å². The largest absolute Gasteiger partial charge is 0.478 e. The van der Waals surface area contributed by atoms with Crippen LogP contribution < -0.4 is 4.72 Å². The molecule has 0 saturated heterocycles. The Hall–Kier alpha value is -1.03. The van der Waals surface area contributed by atoms with Gasteiger partial charge >= 0.3 is 5.97 Å². The predicted octanol–water partition coefficient (Wildman–Crippen LogP) is 1.22. The van der Waals surface area contributed by atoms with Gasteiger partial charge in [0.05, 0.1) is 15.5 Å². The zero-order valence-corrected chi connectivity index (χ0v) is 13.5. The van der Waals surface area contributed by atoms with Crippen LogP contribution in [0.2, 0.25) is 5.02 Å². The number of carboxylic acid groups (broad SMARTS) is 1. The Morgan fingerprint density at radius 2 is 2.10 bits per heavy atom. The SMILES string of the molecule is CC(CS(C)=O)NS(=O)(=O)c1cc(F)c(Cl)c(C(=O)O)c1. The molecule has 0 radical (unpaired) electrons. The van der Waals surface area contributed by atoms with E-state index in [0.717, 1.165) is 6.07 Å². The fraction of sp³-hybridized carbons (Fsp3) is 0.364. The molecule has 0 heterocycles. The molecule has 0 saturated carbocycles. The number of sulfonamides is 1. The minimum Gasteiger partial charge on any atom is -0.478 e. The molecule has 0 spiro atoms. The van der Waals surface area contributed by atoms with Crippen LogP contribution in [0.1, 0.15) is 17.3 Å². The van der Waals surface area contributed by atoms with E-state index in [1.165, 1.54) is 13.2 Å². The number of aromatic carboxylic acids is 1. The van der Waals surface area contributed by atoms with Crippen LogP contribution in [-0.2, 0) is 20.8 Å². The number of carboxylic acids is 1. The molecule has 1 aromatic carbocycles. The summed E-state index contributed by atoms with van der Waals surface area (Å²) in [5.41, 5.74) is -0.649. The minimum absolute atomic E-state index is 0.0705. The molecule has 2 unspecified atom stereocenters. The maximum Gasteiger partial charge on any atom is 0.337 e. The summed E-state index contributed by atoms with van der Waals surface area (Å²) in [6, 6.07) is 0.742. The van der Waals surface area contributed by atoms with Gasteiger partial charge in [0.1, 0.15) is 5.82 Å². The van der Waals surface area contributed by atoms with Crippen LogP contribution in [0, 0.1) is 5.82 Å². The molecule has 0 amide bonds. The van der Waals surface area contributed by atoms with Gasteiger partial charge in [0.15, 0.2) is 0 Å². The minimum atomic E-state index is -4.15. The third-order valence-corrected chi connectivity index (χ3v) is 5.31. The molecule has 0 bridgehead atoms. The molecule has 10 heteroatoms. The molecule has 2 atom stereocenters. The summed E-state index contributed by atoms with van der Waals surface area (Å²) in [5.74, 6) is -2.62. The van der Waals surface area contributed by atoms with Gasteiger partial charge in [-0.05, 0) is 19.1 Å². The first-order valence-corrected chi connectivity index (χ1v) is 9.18. The molecule has 1 rings (SSSR count). The Labute approximate surface area is 128 Å². The second kappa shape index (κ2) is 6.82. The Bertz CT molecular complexity index is 692. The third-order valence-electron chi connectivity index (χ3n) is 2.38. The van der Waals surface area contributed by atoms with Gasteiger partial charge in [-0.3, -0.25) is 4.21 Å². The van der Waals surface area contributed by atoms with Gasteiger partial charge in [0.25, 0.3) is 0 Å². The maximum absolute atomic E-state index is 13.5. The number of carbonyl (C=O) groups is 1. The van der Waals surface area contributed by atoms with Gasteiger partial charge in [-0.15, -0.1) is 0 Å². The molecule has 118 valence electrons. The van der Waals surface area contributed by atoms with Crippen LogP contribution in [0.4, 0.5) is 4.39 Å². The van der Waals surface area contributed by atoms with Crippen molar-refractivity contribution in [3.05, 3.63) is 28.5 Å². The lowest BCUT2D eigenvalue weighted by atomic mass is 10.2. The van der Waals surface area contributed by atoms with E-state index in [2.05, 4.69) is 4.72 Å². The first kappa shape index (κ1) is 18.0. The second-order valence-electron chi connectivity index (χ2n) is 4.33. The lowest BCUT2D eigenvalue weighted by Crippen LogP contribution is -2.36. The highest BCUT2D eigenvalue weighted by Gasteiger charge is 2.23. The Morgan fingerprint density at radius 1 is 1.52 bits per heavy atom. The molecule has 0 aliphatic heterocycles. The predicted molar refractivity (Wildman–Crippen MR) is 77.1 cm³/mol. The summed E-state index contributed by atoms with van der Waals surface area (Å²) >= 11 is 5.47. The normalized spacial score (nSPS) is 14.7. The van der Waals surface area contributed by atoms with Crippen molar-refractivity contribution in [2.24, 2.45) is 0 Å². The van der Waals surface area contributed by atoms with Crippen LogP contribution in [-0.4, -0.2) is 41.8 Å². The van der Waals surface area contributed by atoms with Crippen molar-refractivity contribution in [3.8, 4) is 0 Å². The third kappa shape index (κ3) is 4.73. The summed E-state index contributed by atoms with van der Waals surface area (Å²) in [4.78, 5) is 10.4. The Balaban J connectivity index is 3.20. The fourth-order valence-corrected chi connectivity index (χ4v) is 3.96. The van der Waals surface area contributed by atoms with Gasteiger partial charge in [-0.2, -0.15) is 0 Å². The molecule has 1 aromatic rings. The van der Waals surface area contributed by atoms with Crippen molar-refractivity contribution in [2.45, 2.75) is 17.9 Å². The van der Waals surface area contributed by atoms with Crippen LogP contribution in [0.25, 0.3) is 0 Å². The van der Waals surface area contributed by atoms with E-state index >= 15 is 0 Å². The lowest BCUT2D eigenvalue weighted by Gasteiger charge is -2.13. The van der Waals surface area contributed by atoms with E-state index in [1.54, 1.807) is 0 Å². The van der Waals surface area contributed by atoms with Gasteiger partial charge in [-0.1, -0.05) is 11.6 Å². The van der Waals surface area contributed by atoms with Gasteiger partial charge in [0.2, 0.25) is 10.0 Å². The first-order chi connectivity index (χ1) is 9.54. The molecule has 21 heavy (non-hydrogen) atoms. The summed E-state index contributed by atoms with van der Waals surface area (Å²) in [5, 5.41) is 8.21. The molecular formula is C11H13ClFNO5S2. The molecule has 2 N–H and O–H groups in total. The molecule has 0 aromatic heterocycles. The fourth-order valence-electron chi connectivity index (χ4n) is 1.59. The highest BCUT2D eigenvalue weighted by atomic mass is 35.5. The first-order valence-electron chi connectivity index (χ1n) is 5.59. The van der Waals surface area contributed by atoms with Gasteiger partial charge in [-0.25, -0.2) is 22.3 Å². The zero-order chi connectivity index (χ0) is 16.4. The van der Waals surface area contributed by atoms with Crippen molar-refractivity contribution >= 4 is 38.4 Å². The Morgan fingerprint density at radius 3 is 2.57 bits per heavy atom. The smallest absolute Gasteiger partial charge is 0.337 e. The summed E-state index contributed by atoms with van der Waals surface area (Å²) in [7, 11) is -5.37. The average Bonchev–Trinajstić information content (AvgIpc) is 2.29. The zero-order valence-electron chi connectivity index (χ0n) is 11.1. The highest BCUT2D eigenvalue weighted by molar-refractivity contribution is 7.89. The van der Waals surface area contributed by atoms with E-state index in [9.17, 15) is 21.8 Å². The Kier molecular flexibility index (Phi) is 5.85. The highest BCUT2D eigenvalue weighted by Crippen LogP contribution is 2.24. The molecule has 0 aliphatic rings. The van der Waals surface area contributed by atoms with Crippen molar-refractivity contribution < 1.29 is 26.9 Å². The monoisotopic (exact) mass is 357 g/mol. The van der Waals surface area contributed by atoms with E-state index in [0.29, 0.717) is 6.07 Å². The molecule has 0 aliphatic carbocycles. The van der Waals surface area contributed by atoms with Crippen molar-refractivity contribution in [2.75, 3.05) is 12.0 Å². The van der Waals surface area contributed by atoms with Crippen molar-refractivity contribution in [1.29, 1.82) is 0 Å². The standard InChI is InChI=1S/C11H13ClFNO5S2/c1-6(5-20(2)17)14-21(18,19)7-3-8(11(15)16)10(12)9(13)4-7/h3-4,6,14H,5H2,1-2H3,(H,15,16). The van der Waals surface area contributed by atoms with Crippen molar-refractivity contribution in [3.63, 3.8) is 0 Å². The van der Waals surface area contributed by atoms with E-state index in [1.807, 2.05) is 0 Å². The lowest BCUT2D eigenvalue weighted by molar-refractivity contribution is 0.0696. The van der Waals surface area contributed by atoms with Crippen molar-refractivity contribution in [1.82, 2.24) is 4.72 Å². The number of hydrogen-bond donors (Lipinski definition) is 2. The molecule has 6 nitrogen and oxygen atoms in total.